The number of hydrogen-bond acceptors (Lipinski definition) is 4. The van der Waals surface area contributed by atoms with Crippen LogP contribution in [0.5, 0.6) is 0 Å². The first kappa shape index (κ1) is 19.4. The molecule has 0 amide bonds. The highest BCUT2D eigenvalue weighted by Gasteiger charge is 2.11. The topological polar surface area (TPSA) is 51.8 Å². The Morgan fingerprint density at radius 1 is 1.21 bits per heavy atom. The zero-order chi connectivity index (χ0) is 20.1. The summed E-state index contributed by atoms with van der Waals surface area (Å²) < 4.78 is 19.3. The average molecular weight is 375 g/mol. The maximum Gasteiger partial charge on any atom is 0.165 e. The number of nitrogens with zero attached hydrogens (tertiary/aromatic N) is 3. The third kappa shape index (κ3) is 4.49. The van der Waals surface area contributed by atoms with Crippen molar-refractivity contribution in [2.24, 2.45) is 0 Å². The van der Waals surface area contributed by atoms with Crippen molar-refractivity contribution in [3.63, 3.8) is 0 Å². The smallest absolute Gasteiger partial charge is 0.165 e. The molecule has 5 heteroatoms. The Kier molecular flexibility index (Phi) is 5.94. The lowest BCUT2D eigenvalue weighted by Crippen LogP contribution is -1.95. The van der Waals surface area contributed by atoms with Crippen LogP contribution in [-0.4, -0.2) is 15.1 Å². The standard InChI is InChI=1S/C23H22FN3O/c1-5-6-7-21(24)17(4)22-13-20(27-28-22)12-18-10-15(2)23(26-14-18)19-8-9-25-16(3)11-19/h5-11,13-14H,1,12H2,2-4H3/b7-6-,21-17-. The second kappa shape index (κ2) is 8.57. The monoisotopic (exact) mass is 375 g/mol. The van der Waals surface area contributed by atoms with Crippen LogP contribution in [0.4, 0.5) is 4.39 Å². The first-order chi connectivity index (χ1) is 13.5. The van der Waals surface area contributed by atoms with Crippen LogP contribution >= 0.6 is 0 Å². The molecule has 3 aromatic heterocycles. The van der Waals surface area contributed by atoms with E-state index in [1.54, 1.807) is 19.2 Å². The molecule has 0 atom stereocenters. The molecule has 28 heavy (non-hydrogen) atoms. The van der Waals surface area contributed by atoms with E-state index in [1.807, 2.05) is 32.2 Å². The zero-order valence-corrected chi connectivity index (χ0v) is 16.2. The molecule has 3 rings (SSSR count). The predicted molar refractivity (Wildman–Crippen MR) is 109 cm³/mol. The molecule has 3 heterocycles. The van der Waals surface area contributed by atoms with Crippen LogP contribution in [-0.2, 0) is 6.42 Å². The fraction of sp³-hybridized carbons (Fsp3) is 0.174. The van der Waals surface area contributed by atoms with Gasteiger partial charge in [-0.2, -0.15) is 0 Å². The Labute approximate surface area is 164 Å². The summed E-state index contributed by atoms with van der Waals surface area (Å²) in [5.41, 5.74) is 6.15. The largest absolute Gasteiger partial charge is 0.356 e. The first-order valence-corrected chi connectivity index (χ1v) is 8.98. The molecule has 0 fully saturated rings. The van der Waals surface area contributed by atoms with Gasteiger partial charge in [0.15, 0.2) is 5.76 Å². The summed E-state index contributed by atoms with van der Waals surface area (Å²) in [4.78, 5) is 8.84. The Hall–Kier alpha value is -3.34. The summed E-state index contributed by atoms with van der Waals surface area (Å²) in [5, 5.41) is 4.06. The van der Waals surface area contributed by atoms with Gasteiger partial charge < -0.3 is 4.52 Å². The van der Waals surface area contributed by atoms with Crippen LogP contribution in [0.15, 0.2) is 71.8 Å². The highest BCUT2D eigenvalue weighted by molar-refractivity contribution is 5.64. The second-order valence-electron chi connectivity index (χ2n) is 6.62. The van der Waals surface area contributed by atoms with E-state index in [0.717, 1.165) is 33.8 Å². The van der Waals surface area contributed by atoms with Crippen LogP contribution in [0.2, 0.25) is 0 Å². The fourth-order valence-electron chi connectivity index (χ4n) is 2.90. The molecular weight excluding hydrogens is 353 g/mol. The highest BCUT2D eigenvalue weighted by atomic mass is 19.1. The molecule has 0 unspecified atom stereocenters. The van der Waals surface area contributed by atoms with Gasteiger partial charge in [0, 0.05) is 41.7 Å². The van der Waals surface area contributed by atoms with E-state index in [0.29, 0.717) is 17.8 Å². The van der Waals surface area contributed by atoms with Gasteiger partial charge in [0.05, 0.1) is 11.4 Å². The van der Waals surface area contributed by atoms with Gasteiger partial charge in [-0.05, 0) is 50.1 Å². The Morgan fingerprint density at radius 3 is 2.75 bits per heavy atom. The molecule has 0 saturated carbocycles. The van der Waals surface area contributed by atoms with Crippen LogP contribution in [0.25, 0.3) is 16.8 Å². The quantitative estimate of drug-likeness (QED) is 0.512. The molecule has 0 spiro atoms. The van der Waals surface area contributed by atoms with E-state index in [1.165, 1.54) is 18.2 Å². The van der Waals surface area contributed by atoms with Crippen LogP contribution in [0.1, 0.15) is 35.2 Å². The number of aromatic nitrogens is 3. The molecule has 0 radical (unpaired) electrons. The maximum absolute atomic E-state index is 14.0. The molecule has 4 nitrogen and oxygen atoms in total. The van der Waals surface area contributed by atoms with Crippen molar-refractivity contribution in [1.29, 1.82) is 0 Å². The summed E-state index contributed by atoms with van der Waals surface area (Å²) in [7, 11) is 0. The molecule has 0 aromatic carbocycles. The summed E-state index contributed by atoms with van der Waals surface area (Å²) in [6.45, 7) is 9.18. The third-order valence-corrected chi connectivity index (χ3v) is 4.36. The van der Waals surface area contributed by atoms with Crippen LogP contribution in [0.3, 0.4) is 0 Å². The number of pyridine rings is 2. The van der Waals surface area contributed by atoms with E-state index in [-0.39, 0.29) is 5.83 Å². The Bertz CT molecular complexity index is 1060. The van der Waals surface area contributed by atoms with Gasteiger partial charge >= 0.3 is 0 Å². The van der Waals surface area contributed by atoms with E-state index in [4.69, 9.17) is 4.52 Å². The second-order valence-corrected chi connectivity index (χ2v) is 6.62. The molecule has 0 bridgehead atoms. The number of hydrogen-bond donors (Lipinski definition) is 0. The number of aryl methyl sites for hydroxylation is 2. The zero-order valence-electron chi connectivity index (χ0n) is 16.2. The Balaban J connectivity index is 1.80. The van der Waals surface area contributed by atoms with Crippen molar-refractivity contribution < 1.29 is 8.91 Å². The van der Waals surface area contributed by atoms with Crippen molar-refractivity contribution in [2.45, 2.75) is 27.2 Å². The average Bonchev–Trinajstić information content (AvgIpc) is 3.14. The van der Waals surface area contributed by atoms with Crippen molar-refractivity contribution in [3.8, 4) is 11.3 Å². The molecule has 0 aliphatic carbocycles. The minimum atomic E-state index is -0.378. The van der Waals surface area contributed by atoms with Gasteiger partial charge in [0.1, 0.15) is 5.83 Å². The van der Waals surface area contributed by atoms with E-state index < -0.39 is 0 Å². The van der Waals surface area contributed by atoms with E-state index in [2.05, 4.69) is 27.8 Å². The summed E-state index contributed by atoms with van der Waals surface area (Å²) in [6, 6.07) is 7.81. The lowest BCUT2D eigenvalue weighted by atomic mass is 10.0. The number of rotatable bonds is 6. The minimum absolute atomic E-state index is 0.378. The van der Waals surface area contributed by atoms with Gasteiger partial charge in [-0.1, -0.05) is 30.0 Å². The highest BCUT2D eigenvalue weighted by Crippen LogP contribution is 2.24. The predicted octanol–water partition coefficient (Wildman–Crippen LogP) is 5.78. The lowest BCUT2D eigenvalue weighted by molar-refractivity contribution is 0.402. The van der Waals surface area contributed by atoms with E-state index >= 15 is 0 Å². The number of allylic oxidation sites excluding steroid dienone is 5. The third-order valence-electron chi connectivity index (χ3n) is 4.36. The van der Waals surface area contributed by atoms with Gasteiger partial charge in [0.25, 0.3) is 0 Å². The van der Waals surface area contributed by atoms with Crippen LogP contribution < -0.4 is 0 Å². The Morgan fingerprint density at radius 2 is 2.04 bits per heavy atom. The molecule has 0 N–H and O–H groups in total. The van der Waals surface area contributed by atoms with Crippen molar-refractivity contribution in [1.82, 2.24) is 15.1 Å². The molecule has 142 valence electrons. The van der Waals surface area contributed by atoms with Gasteiger partial charge in [0.2, 0.25) is 0 Å². The van der Waals surface area contributed by atoms with Gasteiger partial charge in [-0.25, -0.2) is 4.39 Å². The molecule has 0 saturated heterocycles. The summed E-state index contributed by atoms with van der Waals surface area (Å²) in [6.07, 6.45) is 8.58. The fourth-order valence-corrected chi connectivity index (χ4v) is 2.90. The number of halogens is 1. The summed E-state index contributed by atoms with van der Waals surface area (Å²) >= 11 is 0. The maximum atomic E-state index is 14.0. The normalized spacial score (nSPS) is 12.3. The molecule has 0 aliphatic rings. The summed E-state index contributed by atoms with van der Waals surface area (Å²) in [5.74, 6) is 0.0342. The van der Waals surface area contributed by atoms with E-state index in [9.17, 15) is 4.39 Å². The van der Waals surface area contributed by atoms with Gasteiger partial charge in [-0.3, -0.25) is 9.97 Å². The molecule has 3 aromatic rings. The minimum Gasteiger partial charge on any atom is -0.356 e. The van der Waals surface area contributed by atoms with Crippen molar-refractivity contribution >= 4 is 5.57 Å². The van der Waals surface area contributed by atoms with Gasteiger partial charge in [-0.15, -0.1) is 0 Å². The molecular formula is C23H22FN3O. The SMILES string of the molecule is C=C/C=C\C(F)=C(/C)c1cc(Cc2cnc(-c3ccnc(C)c3)c(C)c2)no1. The molecule has 0 aliphatic heterocycles. The van der Waals surface area contributed by atoms with Crippen molar-refractivity contribution in [2.75, 3.05) is 0 Å². The lowest BCUT2D eigenvalue weighted by Gasteiger charge is -2.07. The van der Waals surface area contributed by atoms with Crippen LogP contribution in [0, 0.1) is 13.8 Å². The first-order valence-electron chi connectivity index (χ1n) is 8.98. The van der Waals surface area contributed by atoms with Crippen molar-refractivity contribution in [3.05, 3.63) is 95.6 Å².